The number of aliphatic carboxylic acids is 1. The fraction of sp³-hybridized carbons (Fsp3) is 0.333. The zero-order valence-corrected chi connectivity index (χ0v) is 17.9. The van der Waals surface area contributed by atoms with Crippen molar-refractivity contribution in [1.29, 1.82) is 0 Å². The number of benzene rings is 2. The maximum Gasteiger partial charge on any atom is 0.326 e. The molecule has 3 amide bonds. The molecule has 0 spiro atoms. The van der Waals surface area contributed by atoms with Gasteiger partial charge in [-0.15, -0.1) is 0 Å². The number of nitrogens with one attached hydrogen (secondary N) is 2. The minimum absolute atomic E-state index is 0.112. The number of nitrogens with zero attached hydrogens (tertiary/aromatic N) is 1. The molecule has 9 heteroatoms. The normalized spacial score (nSPS) is 17.4. The second kappa shape index (κ2) is 9.41. The second-order valence-corrected chi connectivity index (χ2v) is 8.36. The maximum absolute atomic E-state index is 12.8. The number of rotatable bonds is 9. The molecule has 2 atom stereocenters. The molecule has 33 heavy (non-hydrogen) atoms. The molecule has 0 fully saturated rings. The summed E-state index contributed by atoms with van der Waals surface area (Å²) in [6.45, 7) is 0.516. The quantitative estimate of drug-likeness (QED) is 0.199. The van der Waals surface area contributed by atoms with E-state index in [4.69, 9.17) is 5.21 Å². The van der Waals surface area contributed by atoms with Crippen LogP contribution in [0.2, 0.25) is 0 Å². The number of carboxylic acid groups (broad SMARTS) is 1. The van der Waals surface area contributed by atoms with Crippen molar-refractivity contribution in [2.45, 2.75) is 44.1 Å². The standard InChI is InChI=1S/C24H25N3O6/c28-21(26-33)8-4-1-5-14-9-10-19-18(11-14)15(13-25-19)12-20(24(31)32)27-22(29)16-6-2-3-7-17(16)23(27)30/h2-3,6-7,9-11,15,20,25,33H,1,4-5,8,12-13H2,(H,26,28)(H,31,32)/t15?,20-/m0/s1. The first kappa shape index (κ1) is 22.5. The van der Waals surface area contributed by atoms with Crippen LogP contribution in [0.3, 0.4) is 0 Å². The van der Waals surface area contributed by atoms with Gasteiger partial charge < -0.3 is 10.4 Å². The molecule has 172 valence electrons. The van der Waals surface area contributed by atoms with Crippen molar-refractivity contribution in [3.63, 3.8) is 0 Å². The van der Waals surface area contributed by atoms with Crippen molar-refractivity contribution in [2.75, 3.05) is 11.9 Å². The van der Waals surface area contributed by atoms with Crippen LogP contribution in [0.4, 0.5) is 5.69 Å². The van der Waals surface area contributed by atoms with E-state index in [0.29, 0.717) is 13.0 Å². The highest BCUT2D eigenvalue weighted by atomic mass is 16.5. The molecular weight excluding hydrogens is 426 g/mol. The van der Waals surface area contributed by atoms with Gasteiger partial charge in [0, 0.05) is 24.6 Å². The Labute approximate surface area is 190 Å². The number of unbranched alkanes of at least 4 members (excludes halogenated alkanes) is 1. The summed E-state index contributed by atoms with van der Waals surface area (Å²) in [4.78, 5) is 49.8. The SMILES string of the molecule is O=C(CCCCc1ccc2c(c1)C(C[C@@H](C(=O)O)N1C(=O)c3ccccc3C1=O)CN2)NO. The van der Waals surface area contributed by atoms with Gasteiger partial charge in [-0.2, -0.15) is 0 Å². The van der Waals surface area contributed by atoms with E-state index in [1.807, 2.05) is 18.2 Å². The summed E-state index contributed by atoms with van der Waals surface area (Å²) in [5, 5.41) is 21.7. The lowest BCUT2D eigenvalue weighted by atomic mass is 9.91. The zero-order chi connectivity index (χ0) is 23.5. The van der Waals surface area contributed by atoms with Gasteiger partial charge in [0.2, 0.25) is 5.91 Å². The number of carboxylic acids is 1. The van der Waals surface area contributed by atoms with Crippen LogP contribution in [-0.2, 0) is 16.0 Å². The smallest absolute Gasteiger partial charge is 0.326 e. The van der Waals surface area contributed by atoms with Crippen LogP contribution in [0.5, 0.6) is 0 Å². The van der Waals surface area contributed by atoms with Gasteiger partial charge >= 0.3 is 5.97 Å². The molecule has 2 aliphatic rings. The van der Waals surface area contributed by atoms with Gasteiger partial charge in [-0.25, -0.2) is 10.3 Å². The lowest BCUT2D eigenvalue weighted by Gasteiger charge is -2.25. The number of hydrogen-bond acceptors (Lipinski definition) is 6. The van der Waals surface area contributed by atoms with E-state index in [-0.39, 0.29) is 29.9 Å². The summed E-state index contributed by atoms with van der Waals surface area (Å²) < 4.78 is 0. The van der Waals surface area contributed by atoms with E-state index in [2.05, 4.69) is 5.32 Å². The molecule has 0 bridgehead atoms. The predicted molar refractivity (Wildman–Crippen MR) is 118 cm³/mol. The first-order valence-electron chi connectivity index (χ1n) is 10.9. The number of carbonyl (C=O) groups is 4. The van der Waals surface area contributed by atoms with Gasteiger partial charge in [-0.1, -0.05) is 24.3 Å². The lowest BCUT2D eigenvalue weighted by molar-refractivity contribution is -0.142. The fourth-order valence-corrected chi connectivity index (χ4v) is 4.57. The van der Waals surface area contributed by atoms with E-state index >= 15 is 0 Å². The number of fused-ring (bicyclic) bond motifs is 2. The summed E-state index contributed by atoms with van der Waals surface area (Å²) in [5.74, 6) is -2.95. The Bertz CT molecular complexity index is 1080. The Hall–Kier alpha value is -3.72. The summed E-state index contributed by atoms with van der Waals surface area (Å²) in [7, 11) is 0. The van der Waals surface area contributed by atoms with Gasteiger partial charge in [0.05, 0.1) is 11.1 Å². The molecule has 4 rings (SSSR count). The molecular formula is C24H25N3O6. The van der Waals surface area contributed by atoms with Gasteiger partial charge in [-0.3, -0.25) is 24.5 Å². The number of imide groups is 1. The monoisotopic (exact) mass is 451 g/mol. The zero-order valence-electron chi connectivity index (χ0n) is 17.9. The highest BCUT2D eigenvalue weighted by molar-refractivity contribution is 6.22. The number of hydrogen-bond donors (Lipinski definition) is 4. The summed E-state index contributed by atoms with van der Waals surface area (Å²) in [6.07, 6.45) is 2.48. The highest BCUT2D eigenvalue weighted by Gasteiger charge is 2.44. The van der Waals surface area contributed by atoms with Gasteiger partial charge in [0.15, 0.2) is 0 Å². The van der Waals surface area contributed by atoms with E-state index in [1.54, 1.807) is 17.6 Å². The van der Waals surface area contributed by atoms with Gasteiger partial charge in [0.1, 0.15) is 6.04 Å². The van der Waals surface area contributed by atoms with Crippen LogP contribution in [0, 0.1) is 0 Å². The van der Waals surface area contributed by atoms with Crippen molar-refractivity contribution in [3.05, 3.63) is 64.7 Å². The van der Waals surface area contributed by atoms with Crippen molar-refractivity contribution in [1.82, 2.24) is 10.4 Å². The van der Waals surface area contributed by atoms with Crippen molar-refractivity contribution >= 4 is 29.4 Å². The maximum atomic E-state index is 12.8. The second-order valence-electron chi connectivity index (χ2n) is 8.36. The predicted octanol–water partition coefficient (Wildman–Crippen LogP) is 2.55. The minimum Gasteiger partial charge on any atom is -0.480 e. The number of hydroxylamine groups is 1. The molecule has 0 saturated heterocycles. The summed E-state index contributed by atoms with van der Waals surface area (Å²) in [6, 6.07) is 11.1. The van der Waals surface area contributed by atoms with Gasteiger partial charge in [-0.05, 0) is 55.0 Å². The molecule has 0 aromatic heterocycles. The summed E-state index contributed by atoms with van der Waals surface area (Å²) >= 11 is 0. The Kier molecular flexibility index (Phi) is 6.41. The molecule has 0 radical (unpaired) electrons. The van der Waals surface area contributed by atoms with Crippen LogP contribution in [0.15, 0.2) is 42.5 Å². The first-order chi connectivity index (χ1) is 15.9. The Morgan fingerprint density at radius 1 is 1.09 bits per heavy atom. The molecule has 1 unspecified atom stereocenters. The van der Waals surface area contributed by atoms with Crippen LogP contribution in [0.1, 0.15) is 63.4 Å². The first-order valence-corrected chi connectivity index (χ1v) is 10.9. The number of aryl methyl sites for hydroxylation is 1. The average Bonchev–Trinajstić information content (AvgIpc) is 3.33. The largest absolute Gasteiger partial charge is 0.480 e. The number of anilines is 1. The Morgan fingerprint density at radius 2 is 1.79 bits per heavy atom. The Balaban J connectivity index is 1.48. The van der Waals surface area contributed by atoms with Gasteiger partial charge in [0.25, 0.3) is 11.8 Å². The van der Waals surface area contributed by atoms with Crippen LogP contribution < -0.4 is 10.8 Å². The molecule has 2 aliphatic heterocycles. The third-order valence-corrected chi connectivity index (χ3v) is 6.27. The van der Waals surface area contributed by atoms with Crippen LogP contribution >= 0.6 is 0 Å². The fourth-order valence-electron chi connectivity index (χ4n) is 4.57. The van der Waals surface area contributed by atoms with Crippen molar-refractivity contribution in [3.8, 4) is 0 Å². The molecule has 2 aromatic rings. The molecule has 0 saturated carbocycles. The van der Waals surface area contributed by atoms with Crippen molar-refractivity contribution in [2.24, 2.45) is 0 Å². The Morgan fingerprint density at radius 3 is 2.42 bits per heavy atom. The molecule has 4 N–H and O–H groups in total. The molecule has 2 aromatic carbocycles. The van der Waals surface area contributed by atoms with E-state index in [0.717, 1.165) is 34.6 Å². The lowest BCUT2D eigenvalue weighted by Crippen LogP contribution is -2.45. The third kappa shape index (κ3) is 4.45. The number of carbonyl (C=O) groups excluding carboxylic acids is 3. The van der Waals surface area contributed by atoms with Crippen LogP contribution in [-0.4, -0.2) is 51.5 Å². The molecule has 9 nitrogen and oxygen atoms in total. The van der Waals surface area contributed by atoms with Crippen molar-refractivity contribution < 1.29 is 29.5 Å². The number of amides is 3. The van der Waals surface area contributed by atoms with Crippen LogP contribution in [0.25, 0.3) is 0 Å². The summed E-state index contributed by atoms with van der Waals surface area (Å²) in [5.41, 5.74) is 5.01. The highest BCUT2D eigenvalue weighted by Crippen LogP contribution is 2.37. The average molecular weight is 451 g/mol. The van der Waals surface area contributed by atoms with E-state index in [9.17, 15) is 24.3 Å². The topological polar surface area (TPSA) is 136 Å². The third-order valence-electron chi connectivity index (χ3n) is 6.27. The van der Waals surface area contributed by atoms with E-state index in [1.165, 1.54) is 12.1 Å². The molecule has 2 heterocycles. The minimum atomic E-state index is -1.27. The van der Waals surface area contributed by atoms with E-state index < -0.39 is 29.7 Å². The molecule has 0 aliphatic carbocycles.